The van der Waals surface area contributed by atoms with Crippen LogP contribution in [-0.2, 0) is 19.1 Å². The van der Waals surface area contributed by atoms with Gasteiger partial charge in [0.15, 0.2) is 0 Å². The summed E-state index contributed by atoms with van der Waals surface area (Å²) >= 11 is 12.4. The van der Waals surface area contributed by atoms with E-state index < -0.39 is 29.9 Å². The Balaban J connectivity index is 2.20. The van der Waals surface area contributed by atoms with E-state index in [9.17, 15) is 19.5 Å². The number of likely N-dealkylation sites (tertiary alicyclic amines) is 1. The first-order valence-electron chi connectivity index (χ1n) is 11.0. The van der Waals surface area contributed by atoms with E-state index in [0.29, 0.717) is 22.9 Å². The van der Waals surface area contributed by atoms with Crippen molar-refractivity contribution in [3.63, 3.8) is 0 Å². The maximum atomic E-state index is 13.7. The minimum atomic E-state index is -1.06. The van der Waals surface area contributed by atoms with Crippen LogP contribution in [0.3, 0.4) is 0 Å². The largest absolute Gasteiger partial charge is 0.481 e. The van der Waals surface area contributed by atoms with Crippen LogP contribution in [0.5, 0.6) is 0 Å². The molecular formula is C25H27Cl2NO5. The molecule has 176 valence electrons. The minimum absolute atomic E-state index is 0.180. The van der Waals surface area contributed by atoms with Gasteiger partial charge in [0.05, 0.1) is 19.1 Å². The van der Waals surface area contributed by atoms with E-state index >= 15 is 0 Å². The van der Waals surface area contributed by atoms with E-state index in [1.807, 2.05) is 37.3 Å². The Bertz CT molecular complexity index is 1010. The molecule has 1 N–H and O–H groups in total. The second-order valence-electron chi connectivity index (χ2n) is 8.11. The molecule has 1 amide bonds. The molecular weight excluding hydrogens is 465 g/mol. The van der Waals surface area contributed by atoms with Crippen molar-refractivity contribution < 1.29 is 24.2 Å². The summed E-state index contributed by atoms with van der Waals surface area (Å²) in [6.45, 7) is 3.70. The van der Waals surface area contributed by atoms with Crippen LogP contribution in [0.2, 0.25) is 10.0 Å². The molecule has 0 bridgehead atoms. The van der Waals surface area contributed by atoms with Crippen molar-refractivity contribution in [2.45, 2.75) is 51.1 Å². The van der Waals surface area contributed by atoms with E-state index in [1.165, 1.54) is 4.90 Å². The molecule has 1 aliphatic heterocycles. The number of aliphatic carboxylic acids is 1. The zero-order valence-corrected chi connectivity index (χ0v) is 20.1. The van der Waals surface area contributed by atoms with E-state index in [-0.39, 0.29) is 24.9 Å². The van der Waals surface area contributed by atoms with Crippen LogP contribution in [-0.4, -0.2) is 40.5 Å². The van der Waals surface area contributed by atoms with Crippen molar-refractivity contribution in [3.05, 3.63) is 69.7 Å². The smallest absolute Gasteiger partial charge is 0.328 e. The lowest BCUT2D eigenvalue weighted by molar-refractivity contribution is -0.163. The molecule has 33 heavy (non-hydrogen) atoms. The summed E-state index contributed by atoms with van der Waals surface area (Å²) < 4.78 is 5.28. The number of amides is 1. The SMILES string of the molecule is CCOC(=O)C(CC)N1C(=O)C(CC(=O)O)C[C@H](c2cccc(Cl)c2)C1c1ccc(Cl)cc1. The molecule has 3 rings (SSSR count). The van der Waals surface area contributed by atoms with Gasteiger partial charge in [-0.15, -0.1) is 0 Å². The Morgan fingerprint density at radius 2 is 1.79 bits per heavy atom. The topological polar surface area (TPSA) is 83.9 Å². The number of carbonyl (C=O) groups excluding carboxylic acids is 2. The molecule has 1 aliphatic rings. The third kappa shape index (κ3) is 5.68. The zero-order chi connectivity index (χ0) is 24.1. The van der Waals surface area contributed by atoms with Crippen LogP contribution in [0.15, 0.2) is 48.5 Å². The number of piperidine rings is 1. The fraction of sp³-hybridized carbons (Fsp3) is 0.400. The summed E-state index contributed by atoms with van der Waals surface area (Å²) in [4.78, 5) is 39.7. The number of halogens is 2. The van der Waals surface area contributed by atoms with Crippen molar-refractivity contribution >= 4 is 41.0 Å². The number of benzene rings is 2. The van der Waals surface area contributed by atoms with Gasteiger partial charge in [0.2, 0.25) is 5.91 Å². The number of carboxylic acids is 1. The van der Waals surface area contributed by atoms with Crippen molar-refractivity contribution in [1.29, 1.82) is 0 Å². The molecule has 8 heteroatoms. The lowest BCUT2D eigenvalue weighted by atomic mass is 9.74. The minimum Gasteiger partial charge on any atom is -0.481 e. The number of ether oxygens (including phenoxy) is 1. The molecule has 0 saturated carbocycles. The summed E-state index contributed by atoms with van der Waals surface area (Å²) in [7, 11) is 0. The summed E-state index contributed by atoms with van der Waals surface area (Å²) in [5, 5.41) is 10.6. The lowest BCUT2D eigenvalue weighted by Gasteiger charge is -2.47. The first-order valence-corrected chi connectivity index (χ1v) is 11.7. The maximum Gasteiger partial charge on any atom is 0.328 e. The van der Waals surface area contributed by atoms with Gasteiger partial charge in [-0.25, -0.2) is 4.79 Å². The van der Waals surface area contributed by atoms with Crippen molar-refractivity contribution in [3.8, 4) is 0 Å². The molecule has 1 heterocycles. The van der Waals surface area contributed by atoms with Crippen LogP contribution < -0.4 is 0 Å². The summed E-state index contributed by atoms with van der Waals surface area (Å²) in [6, 6.07) is 13.1. The second-order valence-corrected chi connectivity index (χ2v) is 8.98. The highest BCUT2D eigenvalue weighted by Crippen LogP contribution is 2.47. The average Bonchev–Trinajstić information content (AvgIpc) is 2.77. The van der Waals surface area contributed by atoms with Crippen molar-refractivity contribution in [2.75, 3.05) is 6.61 Å². The first kappa shape index (κ1) is 25.1. The normalized spacial score (nSPS) is 21.5. The number of hydrogen-bond donors (Lipinski definition) is 1. The molecule has 2 aromatic carbocycles. The molecule has 1 saturated heterocycles. The quantitative estimate of drug-likeness (QED) is 0.494. The third-order valence-corrected chi connectivity index (χ3v) is 6.50. The average molecular weight is 492 g/mol. The van der Waals surface area contributed by atoms with E-state index in [4.69, 9.17) is 27.9 Å². The number of hydrogen-bond acceptors (Lipinski definition) is 4. The van der Waals surface area contributed by atoms with Crippen LogP contribution in [0, 0.1) is 5.92 Å². The highest BCUT2D eigenvalue weighted by atomic mass is 35.5. The molecule has 4 atom stereocenters. The van der Waals surface area contributed by atoms with Gasteiger partial charge in [-0.1, -0.05) is 54.4 Å². The van der Waals surface area contributed by atoms with Crippen LogP contribution in [0.25, 0.3) is 0 Å². The maximum absolute atomic E-state index is 13.7. The zero-order valence-electron chi connectivity index (χ0n) is 18.5. The first-order chi connectivity index (χ1) is 15.8. The Labute approximate surface area is 203 Å². The fourth-order valence-electron chi connectivity index (χ4n) is 4.63. The molecule has 0 spiro atoms. The summed E-state index contributed by atoms with van der Waals surface area (Å²) in [6.07, 6.45) is 0.324. The number of carboxylic acid groups (broad SMARTS) is 1. The summed E-state index contributed by atoms with van der Waals surface area (Å²) in [5.74, 6) is -3.00. The Morgan fingerprint density at radius 3 is 2.36 bits per heavy atom. The van der Waals surface area contributed by atoms with Crippen LogP contribution >= 0.6 is 23.2 Å². The number of nitrogens with zero attached hydrogens (tertiary/aromatic N) is 1. The highest BCUT2D eigenvalue weighted by Gasteiger charge is 2.48. The van der Waals surface area contributed by atoms with Crippen LogP contribution in [0.1, 0.15) is 56.2 Å². The standard InChI is InChI=1S/C25H27Cl2NO5/c1-3-21(25(32)33-4-2)28-23(15-8-10-18(26)11-9-15)20(16-6-5-7-19(27)12-16)13-17(24(28)31)14-22(29)30/h5-12,17,20-21,23H,3-4,13-14H2,1-2H3,(H,29,30)/t17?,20-,21?,23?/m1/s1. The fourth-order valence-corrected chi connectivity index (χ4v) is 4.96. The van der Waals surface area contributed by atoms with Gasteiger partial charge in [-0.2, -0.15) is 0 Å². The van der Waals surface area contributed by atoms with E-state index in [0.717, 1.165) is 11.1 Å². The number of esters is 1. The highest BCUT2D eigenvalue weighted by molar-refractivity contribution is 6.30. The monoisotopic (exact) mass is 491 g/mol. The van der Waals surface area contributed by atoms with Crippen molar-refractivity contribution in [1.82, 2.24) is 4.90 Å². The van der Waals surface area contributed by atoms with E-state index in [2.05, 4.69) is 0 Å². The number of carbonyl (C=O) groups is 3. The molecule has 0 aromatic heterocycles. The molecule has 0 aliphatic carbocycles. The van der Waals surface area contributed by atoms with Gasteiger partial charge in [-0.05, 0) is 55.2 Å². The Hall–Kier alpha value is -2.57. The van der Waals surface area contributed by atoms with Gasteiger partial charge in [0.1, 0.15) is 6.04 Å². The van der Waals surface area contributed by atoms with E-state index in [1.54, 1.807) is 25.1 Å². The van der Waals surface area contributed by atoms with Crippen LogP contribution in [0.4, 0.5) is 0 Å². The molecule has 1 fully saturated rings. The Kier molecular flexibility index (Phi) is 8.38. The molecule has 3 unspecified atom stereocenters. The van der Waals surface area contributed by atoms with Gasteiger partial charge >= 0.3 is 11.9 Å². The molecule has 6 nitrogen and oxygen atoms in total. The second kappa shape index (κ2) is 11.0. The van der Waals surface area contributed by atoms with Crippen molar-refractivity contribution in [2.24, 2.45) is 5.92 Å². The lowest BCUT2D eigenvalue weighted by Crippen LogP contribution is -2.54. The third-order valence-electron chi connectivity index (χ3n) is 6.01. The summed E-state index contributed by atoms with van der Waals surface area (Å²) in [5.41, 5.74) is 1.67. The predicted octanol–water partition coefficient (Wildman–Crippen LogP) is 5.48. The van der Waals surface area contributed by atoms with Gasteiger partial charge in [0, 0.05) is 21.9 Å². The predicted molar refractivity (Wildman–Crippen MR) is 126 cm³/mol. The molecule has 2 aromatic rings. The van der Waals surface area contributed by atoms with Gasteiger partial charge < -0.3 is 14.7 Å². The number of rotatable bonds is 8. The Morgan fingerprint density at radius 1 is 1.09 bits per heavy atom. The van der Waals surface area contributed by atoms with Gasteiger partial charge in [-0.3, -0.25) is 9.59 Å². The molecule has 0 radical (unpaired) electrons. The van der Waals surface area contributed by atoms with Gasteiger partial charge in [0.25, 0.3) is 0 Å².